The fourth-order valence-corrected chi connectivity index (χ4v) is 2.59. The maximum Gasteiger partial charge on any atom is 0.407 e. The molecule has 0 aromatic heterocycles. The van der Waals surface area contributed by atoms with Crippen molar-refractivity contribution in [3.8, 4) is 0 Å². The number of alkyl carbamates (subject to hydrolysis) is 1. The number of hydrogen-bond donors (Lipinski definition) is 2. The molecular formula is C18H19FN2O4S. The average molecular weight is 378 g/mol. The summed E-state index contributed by atoms with van der Waals surface area (Å²) in [6, 6.07) is 12.7. The van der Waals surface area contributed by atoms with E-state index < -0.39 is 21.9 Å². The SMILES string of the molecule is NS(=O)(=O)c1ccc(C=CCCNC(=O)OCc2ccccc2)c(F)c1. The molecule has 8 heteroatoms. The number of ether oxygens (including phenoxy) is 1. The van der Waals surface area contributed by atoms with Gasteiger partial charge in [-0.2, -0.15) is 0 Å². The topological polar surface area (TPSA) is 98.5 Å². The molecule has 2 aromatic carbocycles. The fourth-order valence-electron chi connectivity index (χ4n) is 2.06. The lowest BCUT2D eigenvalue weighted by Gasteiger charge is -2.06. The van der Waals surface area contributed by atoms with Crippen LogP contribution >= 0.6 is 0 Å². The van der Waals surface area contributed by atoms with E-state index in [0.717, 1.165) is 11.6 Å². The van der Waals surface area contributed by atoms with E-state index in [1.54, 1.807) is 6.08 Å². The number of carbonyl (C=O) groups is 1. The molecule has 0 heterocycles. The summed E-state index contributed by atoms with van der Waals surface area (Å²) in [5, 5.41) is 7.52. The van der Waals surface area contributed by atoms with E-state index in [1.807, 2.05) is 30.3 Å². The third kappa shape index (κ3) is 6.30. The molecule has 6 nitrogen and oxygen atoms in total. The molecule has 0 atom stereocenters. The Morgan fingerprint density at radius 1 is 1.19 bits per heavy atom. The molecule has 0 radical (unpaired) electrons. The van der Waals surface area contributed by atoms with E-state index in [0.29, 0.717) is 13.0 Å². The second kappa shape index (κ2) is 9.12. The first-order valence-electron chi connectivity index (χ1n) is 7.80. The minimum Gasteiger partial charge on any atom is -0.445 e. The van der Waals surface area contributed by atoms with Crippen molar-refractivity contribution in [2.75, 3.05) is 6.54 Å². The molecule has 0 aliphatic carbocycles. The first-order valence-corrected chi connectivity index (χ1v) is 9.34. The molecule has 2 rings (SSSR count). The van der Waals surface area contributed by atoms with Crippen LogP contribution in [0.15, 0.2) is 59.5 Å². The van der Waals surface area contributed by atoms with Crippen molar-refractivity contribution in [1.82, 2.24) is 5.32 Å². The van der Waals surface area contributed by atoms with Crippen LogP contribution in [-0.4, -0.2) is 21.1 Å². The number of halogens is 1. The smallest absolute Gasteiger partial charge is 0.407 e. The highest BCUT2D eigenvalue weighted by Crippen LogP contribution is 2.15. The third-order valence-corrected chi connectivity index (χ3v) is 4.30. The van der Waals surface area contributed by atoms with Crippen LogP contribution in [0, 0.1) is 5.82 Å². The number of nitrogens with two attached hydrogens (primary N) is 1. The van der Waals surface area contributed by atoms with E-state index in [2.05, 4.69) is 5.32 Å². The van der Waals surface area contributed by atoms with Crippen molar-refractivity contribution in [2.24, 2.45) is 5.14 Å². The quantitative estimate of drug-likeness (QED) is 0.724. The standard InChI is InChI=1S/C18H19FN2O4S/c19-17-12-16(26(20,23)24)10-9-15(17)8-4-5-11-21-18(22)25-13-14-6-2-1-3-7-14/h1-4,6-10,12H,5,11,13H2,(H,21,22)(H2,20,23,24). The van der Waals surface area contributed by atoms with Crippen molar-refractivity contribution in [3.63, 3.8) is 0 Å². The van der Waals surface area contributed by atoms with Crippen LogP contribution in [0.5, 0.6) is 0 Å². The number of primary sulfonamides is 1. The zero-order chi connectivity index (χ0) is 19.0. The van der Waals surface area contributed by atoms with Gasteiger partial charge in [-0.05, 0) is 24.1 Å². The number of rotatable bonds is 7. The van der Waals surface area contributed by atoms with Crippen LogP contribution in [0.2, 0.25) is 0 Å². The Bertz CT molecular complexity index is 883. The summed E-state index contributed by atoms with van der Waals surface area (Å²) in [6.07, 6.45) is 3.08. The summed E-state index contributed by atoms with van der Waals surface area (Å²) in [5.74, 6) is -0.692. The number of benzene rings is 2. The fraction of sp³-hybridized carbons (Fsp3) is 0.167. The molecule has 0 fully saturated rings. The summed E-state index contributed by atoms with van der Waals surface area (Å²) in [5.41, 5.74) is 1.12. The zero-order valence-corrected chi connectivity index (χ0v) is 14.7. The lowest BCUT2D eigenvalue weighted by Crippen LogP contribution is -2.24. The van der Waals surface area contributed by atoms with Crippen LogP contribution < -0.4 is 10.5 Å². The minimum absolute atomic E-state index is 0.185. The van der Waals surface area contributed by atoms with Crippen LogP contribution in [0.1, 0.15) is 17.5 Å². The molecule has 0 aliphatic heterocycles. The van der Waals surface area contributed by atoms with Gasteiger partial charge >= 0.3 is 6.09 Å². The Kier molecular flexibility index (Phi) is 6.88. The highest BCUT2D eigenvalue weighted by Gasteiger charge is 2.10. The van der Waals surface area contributed by atoms with Gasteiger partial charge in [0.1, 0.15) is 12.4 Å². The lowest BCUT2D eigenvalue weighted by molar-refractivity contribution is 0.140. The molecule has 138 valence electrons. The van der Waals surface area contributed by atoms with Gasteiger partial charge in [0.2, 0.25) is 10.0 Å². The molecule has 3 N–H and O–H groups in total. The van der Waals surface area contributed by atoms with Gasteiger partial charge in [-0.3, -0.25) is 0 Å². The van der Waals surface area contributed by atoms with Gasteiger partial charge in [0.05, 0.1) is 4.90 Å². The van der Waals surface area contributed by atoms with Crippen LogP contribution in [0.4, 0.5) is 9.18 Å². The van der Waals surface area contributed by atoms with Gasteiger partial charge in [-0.15, -0.1) is 0 Å². The molecule has 2 aromatic rings. The lowest BCUT2D eigenvalue weighted by atomic mass is 10.2. The van der Waals surface area contributed by atoms with Crippen molar-refractivity contribution in [3.05, 3.63) is 71.6 Å². The summed E-state index contributed by atoms with van der Waals surface area (Å²) in [7, 11) is -3.93. The summed E-state index contributed by atoms with van der Waals surface area (Å²) < 4.78 is 41.2. The van der Waals surface area contributed by atoms with E-state index in [4.69, 9.17) is 9.88 Å². The normalized spacial score (nSPS) is 11.5. The highest BCUT2D eigenvalue weighted by atomic mass is 32.2. The first-order chi connectivity index (χ1) is 12.4. The summed E-state index contributed by atoms with van der Waals surface area (Å²) in [4.78, 5) is 11.3. The Balaban J connectivity index is 1.74. The van der Waals surface area contributed by atoms with Crippen molar-refractivity contribution in [1.29, 1.82) is 0 Å². The number of amides is 1. The maximum atomic E-state index is 13.8. The summed E-state index contributed by atoms with van der Waals surface area (Å²) in [6.45, 7) is 0.505. The van der Waals surface area contributed by atoms with Gasteiger partial charge in [0, 0.05) is 12.1 Å². The van der Waals surface area contributed by atoms with Gasteiger partial charge in [-0.25, -0.2) is 22.7 Å². The Morgan fingerprint density at radius 3 is 2.58 bits per heavy atom. The first kappa shape index (κ1) is 19.6. The zero-order valence-electron chi connectivity index (χ0n) is 13.9. The molecular weight excluding hydrogens is 359 g/mol. The number of nitrogens with one attached hydrogen (secondary N) is 1. The average Bonchev–Trinajstić information content (AvgIpc) is 2.61. The molecule has 1 amide bonds. The van der Waals surface area contributed by atoms with E-state index in [1.165, 1.54) is 18.2 Å². The van der Waals surface area contributed by atoms with E-state index in [9.17, 15) is 17.6 Å². The van der Waals surface area contributed by atoms with Crippen LogP contribution in [0.25, 0.3) is 6.08 Å². The molecule has 0 bridgehead atoms. The van der Waals surface area contributed by atoms with Crippen LogP contribution in [-0.2, 0) is 21.4 Å². The van der Waals surface area contributed by atoms with Gasteiger partial charge < -0.3 is 10.1 Å². The summed E-state index contributed by atoms with van der Waals surface area (Å²) >= 11 is 0. The Labute approximate surface area is 151 Å². The minimum atomic E-state index is -3.93. The monoisotopic (exact) mass is 378 g/mol. The number of carbonyl (C=O) groups excluding carboxylic acids is 1. The molecule has 0 unspecified atom stereocenters. The van der Waals surface area contributed by atoms with Crippen molar-refractivity contribution in [2.45, 2.75) is 17.9 Å². The van der Waals surface area contributed by atoms with Gasteiger partial charge in [0.15, 0.2) is 0 Å². The van der Waals surface area contributed by atoms with E-state index in [-0.39, 0.29) is 17.1 Å². The second-order valence-corrected chi connectivity index (χ2v) is 6.97. The third-order valence-electron chi connectivity index (χ3n) is 3.39. The van der Waals surface area contributed by atoms with Crippen molar-refractivity contribution < 1.29 is 22.3 Å². The number of hydrogen-bond acceptors (Lipinski definition) is 4. The molecule has 0 aliphatic rings. The second-order valence-electron chi connectivity index (χ2n) is 5.41. The van der Waals surface area contributed by atoms with Crippen molar-refractivity contribution >= 4 is 22.2 Å². The maximum absolute atomic E-state index is 13.8. The largest absolute Gasteiger partial charge is 0.445 e. The Hall–Kier alpha value is -2.71. The predicted molar refractivity (Wildman–Crippen MR) is 96.1 cm³/mol. The molecule has 0 saturated heterocycles. The van der Waals surface area contributed by atoms with Crippen LogP contribution in [0.3, 0.4) is 0 Å². The van der Waals surface area contributed by atoms with Gasteiger partial charge in [0.25, 0.3) is 0 Å². The predicted octanol–water partition coefficient (Wildman–Crippen LogP) is 2.80. The number of sulfonamides is 1. The Morgan fingerprint density at radius 2 is 1.92 bits per heavy atom. The highest BCUT2D eigenvalue weighted by molar-refractivity contribution is 7.89. The molecule has 0 saturated carbocycles. The van der Waals surface area contributed by atoms with Gasteiger partial charge in [-0.1, -0.05) is 48.6 Å². The molecule has 26 heavy (non-hydrogen) atoms. The molecule has 0 spiro atoms. The van der Waals surface area contributed by atoms with E-state index >= 15 is 0 Å².